The van der Waals surface area contributed by atoms with Gasteiger partial charge in [0.1, 0.15) is 18.5 Å². The summed E-state index contributed by atoms with van der Waals surface area (Å²) in [7, 11) is 7.83. The molecule has 1 aliphatic rings. The Morgan fingerprint density at radius 3 is 1.90 bits per heavy atom. The van der Waals surface area contributed by atoms with Crippen molar-refractivity contribution in [3.8, 4) is 40.2 Å². The van der Waals surface area contributed by atoms with Crippen LogP contribution < -0.4 is 43.8 Å². The van der Waals surface area contributed by atoms with E-state index in [9.17, 15) is 9.59 Å². The Morgan fingerprint density at radius 2 is 1.33 bits per heavy atom. The molecule has 266 valence electrons. The Morgan fingerprint density at radius 1 is 0.725 bits per heavy atom. The number of benzene rings is 4. The standard InChI is InChI=1S/C40H42N2O9/c1-24-8-12-31-30(16-24)40(44)42-39(41-31)28-11-13-32(29(21-28)22-43)51-23-25(2)14-15-50-38-35(47-5)19-27(20-36(38)48-6)10-9-26-17-33(45-3)37(49-7)34(18-26)46-4/h8-13,16-22,39,41H,2,14-15,23H2,1,3-7H3,(H,42,44)/b10-9-. The van der Waals surface area contributed by atoms with Crippen LogP contribution >= 0.6 is 0 Å². The summed E-state index contributed by atoms with van der Waals surface area (Å²) in [4.78, 5) is 24.7. The van der Waals surface area contributed by atoms with Crippen molar-refractivity contribution < 1.29 is 42.7 Å². The molecular formula is C40H42N2O9. The third kappa shape index (κ3) is 8.38. The van der Waals surface area contributed by atoms with Gasteiger partial charge in [0, 0.05) is 12.1 Å². The van der Waals surface area contributed by atoms with Crippen LogP contribution in [-0.4, -0.2) is 61.0 Å². The summed E-state index contributed by atoms with van der Waals surface area (Å²) in [6, 6.07) is 18.3. The van der Waals surface area contributed by atoms with Crippen LogP contribution in [0.2, 0.25) is 0 Å². The Labute approximate surface area is 297 Å². The molecule has 0 saturated carbocycles. The maximum absolute atomic E-state index is 12.7. The Kier molecular flexibility index (Phi) is 11.7. The predicted molar refractivity (Wildman–Crippen MR) is 196 cm³/mol. The molecule has 1 unspecified atom stereocenters. The summed E-state index contributed by atoms with van der Waals surface area (Å²) in [6.45, 7) is 6.51. The van der Waals surface area contributed by atoms with Crippen molar-refractivity contribution in [1.82, 2.24) is 5.32 Å². The molecule has 2 N–H and O–H groups in total. The van der Waals surface area contributed by atoms with Gasteiger partial charge < -0.3 is 43.8 Å². The van der Waals surface area contributed by atoms with Crippen molar-refractivity contribution in [2.75, 3.05) is 54.1 Å². The van der Waals surface area contributed by atoms with Crippen molar-refractivity contribution >= 4 is 30.0 Å². The zero-order chi connectivity index (χ0) is 36.5. The van der Waals surface area contributed by atoms with Crippen LogP contribution in [0.5, 0.6) is 40.2 Å². The Balaban J connectivity index is 1.19. The Bertz CT molecular complexity index is 1900. The summed E-state index contributed by atoms with van der Waals surface area (Å²) in [5, 5.41) is 6.27. The third-order valence-electron chi connectivity index (χ3n) is 8.26. The maximum atomic E-state index is 12.7. The van der Waals surface area contributed by atoms with Crippen molar-refractivity contribution in [2.24, 2.45) is 0 Å². The number of anilines is 1. The van der Waals surface area contributed by atoms with Gasteiger partial charge in [-0.2, -0.15) is 0 Å². The minimum Gasteiger partial charge on any atom is -0.493 e. The van der Waals surface area contributed by atoms with Gasteiger partial charge in [-0.1, -0.05) is 36.4 Å². The second-order valence-corrected chi connectivity index (χ2v) is 11.7. The van der Waals surface area contributed by atoms with E-state index < -0.39 is 6.17 Å². The van der Waals surface area contributed by atoms with Gasteiger partial charge in [-0.05, 0) is 77.7 Å². The summed E-state index contributed by atoms with van der Waals surface area (Å²) in [5.74, 6) is 3.30. The fraction of sp³-hybridized carbons (Fsp3) is 0.250. The lowest BCUT2D eigenvalue weighted by Gasteiger charge is -2.28. The second kappa shape index (κ2) is 16.5. The zero-order valence-corrected chi connectivity index (χ0v) is 29.6. The lowest BCUT2D eigenvalue weighted by molar-refractivity contribution is 0.0935. The van der Waals surface area contributed by atoms with Crippen LogP contribution in [-0.2, 0) is 0 Å². The maximum Gasteiger partial charge on any atom is 0.255 e. The fourth-order valence-corrected chi connectivity index (χ4v) is 5.59. The molecule has 0 aromatic heterocycles. The number of hydrogen-bond donors (Lipinski definition) is 2. The van der Waals surface area contributed by atoms with E-state index >= 15 is 0 Å². The van der Waals surface area contributed by atoms with Crippen molar-refractivity contribution in [3.05, 3.63) is 106 Å². The monoisotopic (exact) mass is 694 g/mol. The second-order valence-electron chi connectivity index (χ2n) is 11.7. The van der Waals surface area contributed by atoms with Gasteiger partial charge in [0.2, 0.25) is 11.5 Å². The van der Waals surface area contributed by atoms with E-state index in [0.29, 0.717) is 57.8 Å². The molecule has 0 fully saturated rings. The molecule has 1 atom stereocenters. The minimum absolute atomic E-state index is 0.174. The van der Waals surface area contributed by atoms with E-state index in [1.807, 2.05) is 67.6 Å². The highest BCUT2D eigenvalue weighted by Gasteiger charge is 2.25. The number of hydrogen-bond acceptors (Lipinski definition) is 10. The number of carbonyl (C=O) groups excluding carboxylic acids is 2. The molecule has 1 heterocycles. The van der Waals surface area contributed by atoms with Gasteiger partial charge in [0.05, 0.1) is 53.3 Å². The molecule has 11 heteroatoms. The van der Waals surface area contributed by atoms with Crippen LogP contribution in [0, 0.1) is 6.92 Å². The quantitative estimate of drug-likeness (QED) is 0.0703. The van der Waals surface area contributed by atoms with Gasteiger partial charge in [-0.3, -0.25) is 9.59 Å². The van der Waals surface area contributed by atoms with Crippen molar-refractivity contribution in [3.63, 3.8) is 0 Å². The summed E-state index contributed by atoms with van der Waals surface area (Å²) in [6.07, 6.45) is 4.54. The molecular weight excluding hydrogens is 652 g/mol. The highest BCUT2D eigenvalue weighted by molar-refractivity contribution is 6.02. The molecule has 5 rings (SSSR count). The molecule has 1 amide bonds. The first kappa shape index (κ1) is 36.2. The van der Waals surface area contributed by atoms with Gasteiger partial charge in [-0.25, -0.2) is 0 Å². The van der Waals surface area contributed by atoms with E-state index in [1.165, 1.54) is 0 Å². The SMILES string of the molecule is C=C(CCOc1c(OC)cc(/C=C\c2cc(OC)c(OC)c(OC)c2)cc1OC)COc1ccc(C2NC(=O)c3cc(C)ccc3N2)cc1C=O. The van der Waals surface area contributed by atoms with Crippen LogP contribution in [0.25, 0.3) is 12.2 Å². The summed E-state index contributed by atoms with van der Waals surface area (Å²) in [5.41, 5.74) is 5.81. The van der Waals surface area contributed by atoms with E-state index in [4.69, 9.17) is 33.2 Å². The van der Waals surface area contributed by atoms with Gasteiger partial charge in [-0.15, -0.1) is 0 Å². The lowest BCUT2D eigenvalue weighted by atomic mass is 10.0. The third-order valence-corrected chi connectivity index (χ3v) is 8.26. The number of amides is 1. The molecule has 0 spiro atoms. The molecule has 0 saturated heterocycles. The number of aryl methyl sites for hydroxylation is 1. The number of fused-ring (bicyclic) bond motifs is 1. The number of methoxy groups -OCH3 is 5. The molecule has 0 radical (unpaired) electrons. The lowest BCUT2D eigenvalue weighted by Crippen LogP contribution is -2.38. The molecule has 0 aliphatic carbocycles. The van der Waals surface area contributed by atoms with Crippen LogP contribution in [0.15, 0.2) is 72.8 Å². The first-order valence-corrected chi connectivity index (χ1v) is 16.1. The highest BCUT2D eigenvalue weighted by atomic mass is 16.5. The molecule has 0 bridgehead atoms. The molecule has 51 heavy (non-hydrogen) atoms. The first-order chi connectivity index (χ1) is 24.7. The van der Waals surface area contributed by atoms with Crippen molar-refractivity contribution in [1.29, 1.82) is 0 Å². The van der Waals surface area contributed by atoms with E-state index in [1.54, 1.807) is 47.7 Å². The normalized spacial score (nSPS) is 13.4. The van der Waals surface area contributed by atoms with Crippen molar-refractivity contribution in [2.45, 2.75) is 19.5 Å². The number of carbonyl (C=O) groups is 2. The van der Waals surface area contributed by atoms with E-state index in [2.05, 4.69) is 17.2 Å². The first-order valence-electron chi connectivity index (χ1n) is 16.1. The number of aldehydes is 1. The summed E-state index contributed by atoms with van der Waals surface area (Å²) < 4.78 is 39.7. The minimum atomic E-state index is -0.492. The number of ether oxygens (including phenoxy) is 7. The van der Waals surface area contributed by atoms with E-state index in [0.717, 1.165) is 39.8 Å². The topological polar surface area (TPSA) is 123 Å². The van der Waals surface area contributed by atoms with E-state index in [-0.39, 0.29) is 19.1 Å². The fourth-order valence-electron chi connectivity index (χ4n) is 5.59. The van der Waals surface area contributed by atoms with Crippen LogP contribution in [0.3, 0.4) is 0 Å². The van der Waals surface area contributed by atoms with Gasteiger partial charge in [0.15, 0.2) is 29.3 Å². The zero-order valence-electron chi connectivity index (χ0n) is 29.6. The van der Waals surface area contributed by atoms with Crippen LogP contribution in [0.4, 0.5) is 5.69 Å². The Hall–Kier alpha value is -6.10. The average Bonchev–Trinajstić information content (AvgIpc) is 3.15. The van der Waals surface area contributed by atoms with Gasteiger partial charge >= 0.3 is 0 Å². The molecule has 1 aliphatic heterocycles. The van der Waals surface area contributed by atoms with Crippen LogP contribution in [0.1, 0.15) is 55.6 Å². The summed E-state index contributed by atoms with van der Waals surface area (Å²) >= 11 is 0. The van der Waals surface area contributed by atoms with Gasteiger partial charge in [0.25, 0.3) is 5.91 Å². The largest absolute Gasteiger partial charge is 0.493 e. The molecule has 4 aromatic rings. The smallest absolute Gasteiger partial charge is 0.255 e. The number of nitrogens with one attached hydrogen (secondary N) is 2. The number of rotatable bonds is 16. The predicted octanol–water partition coefficient (Wildman–Crippen LogP) is 7.28. The average molecular weight is 695 g/mol. The molecule has 4 aromatic carbocycles. The highest BCUT2D eigenvalue weighted by Crippen LogP contribution is 2.41. The molecule has 11 nitrogen and oxygen atoms in total.